The summed E-state index contributed by atoms with van der Waals surface area (Å²) in [5.41, 5.74) is 0. The number of carbonyl (C=O) groups is 1. The highest BCUT2D eigenvalue weighted by Crippen LogP contribution is 2.13. The second-order valence-corrected chi connectivity index (χ2v) is 4.48. The van der Waals surface area contributed by atoms with E-state index >= 15 is 0 Å². The molecule has 5 heteroatoms. The van der Waals surface area contributed by atoms with Gasteiger partial charge in [0.25, 0.3) is 0 Å². The van der Waals surface area contributed by atoms with Crippen molar-refractivity contribution in [1.29, 1.82) is 0 Å². The lowest BCUT2D eigenvalue weighted by Crippen LogP contribution is -2.30. The van der Waals surface area contributed by atoms with Gasteiger partial charge in [-0.1, -0.05) is 0 Å². The summed E-state index contributed by atoms with van der Waals surface area (Å²) in [6.07, 6.45) is 3.24. The molecule has 0 aromatic carbocycles. The van der Waals surface area contributed by atoms with Crippen molar-refractivity contribution in [2.75, 3.05) is 32.8 Å². The standard InChI is InChI=1S/C11H20N2O3/c14-11-13-7-10(16-11)8-15-5-3-9-2-1-4-12-6-9/h9-10,12H,1-8H2,(H,13,14). The van der Waals surface area contributed by atoms with E-state index in [2.05, 4.69) is 10.6 Å². The Labute approximate surface area is 95.9 Å². The number of nitrogens with one attached hydrogen (secondary N) is 2. The second kappa shape index (κ2) is 6.06. The quantitative estimate of drug-likeness (QED) is 0.673. The summed E-state index contributed by atoms with van der Waals surface area (Å²) in [7, 11) is 0. The van der Waals surface area contributed by atoms with E-state index in [1.807, 2.05) is 0 Å². The first-order valence-electron chi connectivity index (χ1n) is 6.07. The van der Waals surface area contributed by atoms with E-state index in [-0.39, 0.29) is 12.2 Å². The van der Waals surface area contributed by atoms with Crippen LogP contribution in [0.5, 0.6) is 0 Å². The molecular weight excluding hydrogens is 208 g/mol. The maximum atomic E-state index is 10.7. The van der Waals surface area contributed by atoms with Crippen LogP contribution in [0.15, 0.2) is 0 Å². The van der Waals surface area contributed by atoms with E-state index in [1.165, 1.54) is 12.8 Å². The number of hydrogen-bond acceptors (Lipinski definition) is 4. The highest BCUT2D eigenvalue weighted by molar-refractivity contribution is 5.69. The molecule has 0 bridgehead atoms. The molecule has 2 unspecified atom stereocenters. The third kappa shape index (κ3) is 3.64. The Bertz CT molecular complexity index is 229. The van der Waals surface area contributed by atoms with Gasteiger partial charge in [0.1, 0.15) is 6.10 Å². The zero-order chi connectivity index (χ0) is 11.2. The van der Waals surface area contributed by atoms with Crippen LogP contribution < -0.4 is 10.6 Å². The van der Waals surface area contributed by atoms with Crippen LogP contribution in [-0.2, 0) is 9.47 Å². The fourth-order valence-electron chi connectivity index (χ4n) is 2.16. The lowest BCUT2D eigenvalue weighted by molar-refractivity contribution is 0.0394. The zero-order valence-corrected chi connectivity index (χ0v) is 9.54. The third-order valence-electron chi connectivity index (χ3n) is 3.12. The van der Waals surface area contributed by atoms with Gasteiger partial charge in [-0.05, 0) is 38.3 Å². The summed E-state index contributed by atoms with van der Waals surface area (Å²) in [6, 6.07) is 0. The molecule has 2 atom stereocenters. The molecule has 2 fully saturated rings. The van der Waals surface area contributed by atoms with E-state index in [0.717, 1.165) is 32.0 Å². The molecule has 16 heavy (non-hydrogen) atoms. The lowest BCUT2D eigenvalue weighted by Gasteiger charge is -2.22. The summed E-state index contributed by atoms with van der Waals surface area (Å²) in [5, 5.41) is 6.00. The molecule has 0 aromatic heterocycles. The number of cyclic esters (lactones) is 1. The molecule has 2 rings (SSSR count). The van der Waals surface area contributed by atoms with Crippen molar-refractivity contribution in [1.82, 2.24) is 10.6 Å². The number of hydrogen-bond donors (Lipinski definition) is 2. The van der Waals surface area contributed by atoms with Gasteiger partial charge in [-0.15, -0.1) is 0 Å². The molecule has 2 saturated heterocycles. The molecular formula is C11H20N2O3. The minimum absolute atomic E-state index is 0.100. The Balaban J connectivity index is 1.49. The predicted molar refractivity (Wildman–Crippen MR) is 59.3 cm³/mol. The summed E-state index contributed by atoms with van der Waals surface area (Å²) < 4.78 is 10.5. The van der Waals surface area contributed by atoms with Crippen molar-refractivity contribution >= 4 is 6.09 Å². The normalized spacial score (nSPS) is 29.9. The Kier molecular flexibility index (Phi) is 4.42. The first kappa shape index (κ1) is 11.7. The van der Waals surface area contributed by atoms with Crippen molar-refractivity contribution in [2.45, 2.75) is 25.4 Å². The van der Waals surface area contributed by atoms with Crippen LogP contribution in [0.2, 0.25) is 0 Å². The Morgan fingerprint density at radius 1 is 1.44 bits per heavy atom. The Morgan fingerprint density at radius 2 is 2.38 bits per heavy atom. The average Bonchev–Trinajstić information content (AvgIpc) is 2.72. The molecule has 2 N–H and O–H groups in total. The lowest BCUT2D eigenvalue weighted by atomic mass is 9.97. The smallest absolute Gasteiger partial charge is 0.407 e. The third-order valence-corrected chi connectivity index (χ3v) is 3.12. The van der Waals surface area contributed by atoms with Crippen molar-refractivity contribution in [2.24, 2.45) is 5.92 Å². The molecule has 0 aliphatic carbocycles. The summed E-state index contributed by atoms with van der Waals surface area (Å²) in [5.74, 6) is 0.748. The van der Waals surface area contributed by atoms with Crippen LogP contribution in [-0.4, -0.2) is 45.0 Å². The Hall–Kier alpha value is -0.810. The van der Waals surface area contributed by atoms with Gasteiger partial charge >= 0.3 is 6.09 Å². The first-order chi connectivity index (χ1) is 7.84. The molecule has 92 valence electrons. The minimum atomic E-state index is -0.329. The highest BCUT2D eigenvalue weighted by atomic mass is 16.6. The zero-order valence-electron chi connectivity index (χ0n) is 9.54. The second-order valence-electron chi connectivity index (χ2n) is 4.48. The molecule has 0 saturated carbocycles. The molecule has 0 spiro atoms. The number of alkyl carbamates (subject to hydrolysis) is 1. The van der Waals surface area contributed by atoms with Gasteiger partial charge in [0.15, 0.2) is 0 Å². The van der Waals surface area contributed by atoms with E-state index in [4.69, 9.17) is 9.47 Å². The number of amides is 1. The number of carbonyl (C=O) groups excluding carboxylic acids is 1. The van der Waals surface area contributed by atoms with Gasteiger partial charge in [0.05, 0.1) is 13.2 Å². The Morgan fingerprint density at radius 3 is 3.06 bits per heavy atom. The van der Waals surface area contributed by atoms with Crippen molar-refractivity contribution in [3.8, 4) is 0 Å². The summed E-state index contributed by atoms with van der Waals surface area (Å²) in [4.78, 5) is 10.7. The predicted octanol–water partition coefficient (Wildman–Crippen LogP) is 0.501. The van der Waals surface area contributed by atoms with E-state index < -0.39 is 0 Å². The largest absolute Gasteiger partial charge is 0.442 e. The average molecular weight is 228 g/mol. The molecule has 0 radical (unpaired) electrons. The topological polar surface area (TPSA) is 59.6 Å². The van der Waals surface area contributed by atoms with Gasteiger partial charge in [-0.2, -0.15) is 0 Å². The van der Waals surface area contributed by atoms with Crippen LogP contribution in [0.1, 0.15) is 19.3 Å². The summed E-state index contributed by atoms with van der Waals surface area (Å²) in [6.45, 7) is 4.12. The maximum Gasteiger partial charge on any atom is 0.407 e. The number of ether oxygens (including phenoxy) is 2. The van der Waals surface area contributed by atoms with Gasteiger partial charge in [-0.25, -0.2) is 4.79 Å². The van der Waals surface area contributed by atoms with E-state index in [0.29, 0.717) is 13.2 Å². The van der Waals surface area contributed by atoms with Crippen LogP contribution >= 0.6 is 0 Å². The molecule has 0 aromatic rings. The van der Waals surface area contributed by atoms with Gasteiger partial charge in [0.2, 0.25) is 0 Å². The van der Waals surface area contributed by atoms with Gasteiger partial charge < -0.3 is 20.1 Å². The SMILES string of the molecule is O=C1NCC(COCCC2CCCNC2)O1. The van der Waals surface area contributed by atoms with Crippen LogP contribution in [0.3, 0.4) is 0 Å². The van der Waals surface area contributed by atoms with E-state index in [1.54, 1.807) is 0 Å². The van der Waals surface area contributed by atoms with Gasteiger partial charge in [-0.3, -0.25) is 0 Å². The van der Waals surface area contributed by atoms with Crippen LogP contribution in [0.25, 0.3) is 0 Å². The first-order valence-corrected chi connectivity index (χ1v) is 6.07. The molecule has 2 heterocycles. The molecule has 1 amide bonds. The van der Waals surface area contributed by atoms with Crippen LogP contribution in [0.4, 0.5) is 4.79 Å². The minimum Gasteiger partial charge on any atom is -0.442 e. The molecule has 2 aliphatic rings. The van der Waals surface area contributed by atoms with Crippen molar-refractivity contribution in [3.63, 3.8) is 0 Å². The van der Waals surface area contributed by atoms with Crippen molar-refractivity contribution in [3.05, 3.63) is 0 Å². The summed E-state index contributed by atoms with van der Waals surface area (Å²) >= 11 is 0. The fraction of sp³-hybridized carbons (Fsp3) is 0.909. The molecule has 5 nitrogen and oxygen atoms in total. The number of piperidine rings is 1. The fourth-order valence-corrected chi connectivity index (χ4v) is 2.16. The number of rotatable bonds is 5. The van der Waals surface area contributed by atoms with Crippen LogP contribution in [0, 0.1) is 5.92 Å². The highest BCUT2D eigenvalue weighted by Gasteiger charge is 2.22. The van der Waals surface area contributed by atoms with Crippen molar-refractivity contribution < 1.29 is 14.3 Å². The van der Waals surface area contributed by atoms with Gasteiger partial charge in [0, 0.05) is 6.61 Å². The monoisotopic (exact) mass is 228 g/mol. The molecule has 2 aliphatic heterocycles. The maximum absolute atomic E-state index is 10.7. The van der Waals surface area contributed by atoms with E-state index in [9.17, 15) is 4.79 Å².